The second-order valence-corrected chi connectivity index (χ2v) is 10.5. The van der Waals surface area contributed by atoms with Crippen LogP contribution < -0.4 is 16.4 Å². The topological polar surface area (TPSA) is 83.3 Å². The van der Waals surface area contributed by atoms with Gasteiger partial charge in [0.2, 0.25) is 0 Å². The molecule has 0 bridgehead atoms. The van der Waals surface area contributed by atoms with Crippen molar-refractivity contribution < 1.29 is 4.79 Å². The molecule has 0 saturated carbocycles. The smallest absolute Gasteiger partial charge is 0.323 e. The molecule has 0 radical (unpaired) electrons. The molecule has 4 N–H and O–H groups in total. The fourth-order valence-electron chi connectivity index (χ4n) is 4.73. The molecule has 2 heterocycles. The largest absolute Gasteiger partial charge is 0.383 e. The number of pyridine rings is 1. The Bertz CT molecular complexity index is 1590. The minimum atomic E-state index is -0.282. The summed E-state index contributed by atoms with van der Waals surface area (Å²) in [7, 11) is 0. The van der Waals surface area contributed by atoms with Gasteiger partial charge in [-0.3, -0.25) is 4.90 Å². The monoisotopic (exact) mass is 535 g/mol. The first kappa shape index (κ1) is 26.4. The molecule has 0 aliphatic carbocycles. The molecule has 2 amide bonds. The fourth-order valence-corrected chi connectivity index (χ4v) is 5.85. The molecule has 0 atom stereocenters. The van der Waals surface area contributed by atoms with E-state index in [4.69, 9.17) is 5.73 Å². The minimum absolute atomic E-state index is 0.282. The number of thiophene rings is 1. The average Bonchev–Trinajstić information content (AvgIpc) is 3.39. The molecule has 0 aliphatic heterocycles. The first-order chi connectivity index (χ1) is 18.9. The number of aryl methyl sites for hydroxylation is 1. The Morgan fingerprint density at radius 1 is 0.897 bits per heavy atom. The highest BCUT2D eigenvalue weighted by Crippen LogP contribution is 2.42. The van der Waals surface area contributed by atoms with Gasteiger partial charge in [0, 0.05) is 45.3 Å². The number of nitrogens with two attached hydrogens (primary N) is 1. The number of fused-ring (bicyclic) bond motifs is 1. The number of carbonyl (C=O) groups excluding carboxylic acids is 1. The van der Waals surface area contributed by atoms with Crippen molar-refractivity contribution in [3.63, 3.8) is 0 Å². The van der Waals surface area contributed by atoms with Crippen LogP contribution in [0.1, 0.15) is 25.0 Å². The van der Waals surface area contributed by atoms with Gasteiger partial charge in [0.05, 0.1) is 0 Å². The number of urea groups is 1. The lowest BCUT2D eigenvalue weighted by molar-refractivity contribution is 0.262. The lowest BCUT2D eigenvalue weighted by Gasteiger charge is -2.18. The van der Waals surface area contributed by atoms with Crippen LogP contribution in [0.4, 0.5) is 22.0 Å². The molecule has 0 fully saturated rings. The molecule has 5 aromatic rings. The van der Waals surface area contributed by atoms with Gasteiger partial charge in [-0.2, -0.15) is 0 Å². The van der Waals surface area contributed by atoms with E-state index in [0.717, 1.165) is 63.2 Å². The van der Waals surface area contributed by atoms with Gasteiger partial charge in [-0.25, -0.2) is 9.78 Å². The molecule has 39 heavy (non-hydrogen) atoms. The van der Waals surface area contributed by atoms with Crippen LogP contribution in [0.5, 0.6) is 0 Å². The summed E-state index contributed by atoms with van der Waals surface area (Å²) in [6.07, 6.45) is 1.87. The second-order valence-electron chi connectivity index (χ2n) is 9.59. The van der Waals surface area contributed by atoms with Crippen molar-refractivity contribution in [1.82, 2.24) is 9.88 Å². The predicted molar refractivity (Wildman–Crippen MR) is 165 cm³/mol. The Hall–Kier alpha value is -4.20. The van der Waals surface area contributed by atoms with E-state index in [1.807, 2.05) is 61.7 Å². The van der Waals surface area contributed by atoms with Crippen LogP contribution in [0, 0.1) is 6.92 Å². The number of hydrogen-bond donors (Lipinski definition) is 3. The van der Waals surface area contributed by atoms with Crippen LogP contribution in [0.15, 0.2) is 84.4 Å². The van der Waals surface area contributed by atoms with Crippen LogP contribution in [-0.4, -0.2) is 29.0 Å². The zero-order valence-electron chi connectivity index (χ0n) is 22.5. The molecule has 198 valence electrons. The Balaban J connectivity index is 1.36. The Labute approximate surface area is 233 Å². The number of rotatable bonds is 8. The van der Waals surface area contributed by atoms with Crippen molar-refractivity contribution in [3.8, 4) is 22.3 Å². The average molecular weight is 536 g/mol. The van der Waals surface area contributed by atoms with E-state index >= 15 is 0 Å². The zero-order chi connectivity index (χ0) is 27.4. The van der Waals surface area contributed by atoms with Crippen LogP contribution >= 0.6 is 11.3 Å². The third-order valence-corrected chi connectivity index (χ3v) is 7.93. The minimum Gasteiger partial charge on any atom is -0.383 e. The van der Waals surface area contributed by atoms with Gasteiger partial charge < -0.3 is 16.4 Å². The molecule has 0 spiro atoms. The van der Waals surface area contributed by atoms with Gasteiger partial charge in [-0.15, -0.1) is 11.3 Å². The summed E-state index contributed by atoms with van der Waals surface area (Å²) in [6, 6.07) is 24.0. The van der Waals surface area contributed by atoms with Crippen LogP contribution in [0.2, 0.25) is 0 Å². The Morgan fingerprint density at radius 2 is 1.56 bits per heavy atom. The number of benzene rings is 3. The number of carbonyl (C=O) groups is 1. The lowest BCUT2D eigenvalue weighted by Crippen LogP contribution is -2.21. The highest BCUT2D eigenvalue weighted by molar-refractivity contribution is 7.18. The van der Waals surface area contributed by atoms with Crippen molar-refractivity contribution in [2.24, 2.45) is 0 Å². The summed E-state index contributed by atoms with van der Waals surface area (Å²) < 4.78 is 1.12. The fraction of sp³-hybridized carbons (Fsp3) is 0.188. The Morgan fingerprint density at radius 3 is 2.26 bits per heavy atom. The maximum atomic E-state index is 12.5. The first-order valence-electron chi connectivity index (χ1n) is 13.2. The van der Waals surface area contributed by atoms with E-state index in [9.17, 15) is 4.79 Å². The van der Waals surface area contributed by atoms with Gasteiger partial charge in [0.15, 0.2) is 0 Å². The third kappa shape index (κ3) is 5.95. The highest BCUT2D eigenvalue weighted by Gasteiger charge is 2.16. The molecule has 0 unspecified atom stereocenters. The van der Waals surface area contributed by atoms with E-state index in [-0.39, 0.29) is 6.03 Å². The molecule has 2 aromatic heterocycles. The lowest BCUT2D eigenvalue weighted by atomic mass is 10.0. The molecule has 5 rings (SSSR count). The van der Waals surface area contributed by atoms with E-state index < -0.39 is 0 Å². The molecule has 6 nitrogen and oxygen atoms in total. The summed E-state index contributed by atoms with van der Waals surface area (Å²) in [5, 5.41) is 8.86. The van der Waals surface area contributed by atoms with Gasteiger partial charge in [-0.1, -0.05) is 62.4 Å². The number of nitrogen functional groups attached to an aromatic ring is 1. The van der Waals surface area contributed by atoms with E-state index in [2.05, 4.69) is 64.0 Å². The predicted octanol–water partition coefficient (Wildman–Crippen LogP) is 8.01. The van der Waals surface area contributed by atoms with Crippen LogP contribution in [-0.2, 0) is 6.54 Å². The normalized spacial score (nSPS) is 11.2. The molecule has 7 heteroatoms. The van der Waals surface area contributed by atoms with Gasteiger partial charge >= 0.3 is 6.03 Å². The van der Waals surface area contributed by atoms with E-state index in [1.165, 1.54) is 5.56 Å². The molecule has 0 aliphatic rings. The summed E-state index contributed by atoms with van der Waals surface area (Å²) in [5.41, 5.74) is 14.5. The quantitative estimate of drug-likeness (QED) is 0.188. The van der Waals surface area contributed by atoms with Crippen molar-refractivity contribution in [2.45, 2.75) is 27.3 Å². The second kappa shape index (κ2) is 11.7. The summed E-state index contributed by atoms with van der Waals surface area (Å²) in [6.45, 7) is 9.40. The van der Waals surface area contributed by atoms with Crippen molar-refractivity contribution in [3.05, 3.63) is 95.5 Å². The first-order valence-corrected chi connectivity index (χ1v) is 14.1. The zero-order valence-corrected chi connectivity index (χ0v) is 23.3. The molecular weight excluding hydrogens is 502 g/mol. The van der Waals surface area contributed by atoms with E-state index in [1.54, 1.807) is 11.3 Å². The summed E-state index contributed by atoms with van der Waals surface area (Å²) >= 11 is 1.68. The van der Waals surface area contributed by atoms with Crippen molar-refractivity contribution in [1.29, 1.82) is 0 Å². The van der Waals surface area contributed by atoms with E-state index in [0.29, 0.717) is 11.5 Å². The number of anilines is 3. The molecule has 3 aromatic carbocycles. The standard InChI is InChI=1S/C32H33N5OS/c1-4-37(5-2)19-22-9-11-23(12-10-22)27-18-34-31(33)29-28(20-39-30(27)29)24-13-15-25(16-14-24)35-32(38)36-26-8-6-7-21(3)17-26/h6-18,20H,4-5,19H2,1-3H3,(H2,33,34)(H2,35,36,38). The van der Waals surface area contributed by atoms with Crippen molar-refractivity contribution in [2.75, 3.05) is 29.5 Å². The number of hydrogen-bond acceptors (Lipinski definition) is 5. The van der Waals surface area contributed by atoms with Gasteiger partial charge in [0.25, 0.3) is 0 Å². The van der Waals surface area contributed by atoms with Gasteiger partial charge in [-0.05, 0) is 71.9 Å². The SMILES string of the molecule is CCN(CC)Cc1ccc(-c2cnc(N)c3c(-c4ccc(NC(=O)Nc5cccc(C)c5)cc4)csc23)cc1. The van der Waals surface area contributed by atoms with Gasteiger partial charge in [0.1, 0.15) is 5.82 Å². The van der Waals surface area contributed by atoms with Crippen molar-refractivity contribution >= 4 is 44.6 Å². The number of nitrogens with one attached hydrogen (secondary N) is 2. The number of aromatic nitrogens is 1. The summed E-state index contributed by atoms with van der Waals surface area (Å²) in [5.74, 6) is 0.517. The maximum absolute atomic E-state index is 12.5. The number of nitrogens with zero attached hydrogens (tertiary/aromatic N) is 2. The third-order valence-electron chi connectivity index (χ3n) is 6.92. The molecule has 0 saturated heterocycles. The molecular formula is C32H33N5OS. The summed E-state index contributed by atoms with van der Waals surface area (Å²) in [4.78, 5) is 19.4. The maximum Gasteiger partial charge on any atom is 0.323 e. The highest BCUT2D eigenvalue weighted by atomic mass is 32.1. The number of amides is 2. The van der Waals surface area contributed by atoms with Crippen LogP contribution in [0.25, 0.3) is 32.3 Å². The van der Waals surface area contributed by atoms with Crippen LogP contribution in [0.3, 0.4) is 0 Å². The Kier molecular flexibility index (Phi) is 7.91.